The van der Waals surface area contributed by atoms with Gasteiger partial charge in [-0.2, -0.15) is 0 Å². The summed E-state index contributed by atoms with van der Waals surface area (Å²) in [4.78, 5) is 16.3. The van der Waals surface area contributed by atoms with Crippen LogP contribution in [0, 0.1) is 0 Å². The molecule has 0 unspecified atom stereocenters. The SMILES string of the molecule is CCNC(=NCCCOC1CCCCC1)NCCCCn1ccccc1=O. The Morgan fingerprint density at radius 1 is 1.19 bits per heavy atom. The second kappa shape index (κ2) is 13.4. The van der Waals surface area contributed by atoms with E-state index in [-0.39, 0.29) is 5.56 Å². The number of aromatic nitrogens is 1. The summed E-state index contributed by atoms with van der Waals surface area (Å²) in [5.41, 5.74) is 0.0656. The zero-order valence-electron chi connectivity index (χ0n) is 16.8. The van der Waals surface area contributed by atoms with Gasteiger partial charge < -0.3 is 19.9 Å². The molecule has 27 heavy (non-hydrogen) atoms. The van der Waals surface area contributed by atoms with Crippen LogP contribution in [0.4, 0.5) is 0 Å². The van der Waals surface area contributed by atoms with Gasteiger partial charge in [-0.15, -0.1) is 0 Å². The van der Waals surface area contributed by atoms with Gasteiger partial charge in [-0.25, -0.2) is 0 Å². The highest BCUT2D eigenvalue weighted by Gasteiger charge is 2.12. The van der Waals surface area contributed by atoms with Crippen molar-refractivity contribution in [1.29, 1.82) is 0 Å². The molecule has 0 bridgehead atoms. The summed E-state index contributed by atoms with van der Waals surface area (Å²) in [6, 6.07) is 5.28. The Morgan fingerprint density at radius 3 is 2.81 bits per heavy atom. The first kappa shape index (κ1) is 21.5. The highest BCUT2D eigenvalue weighted by molar-refractivity contribution is 5.79. The summed E-state index contributed by atoms with van der Waals surface area (Å²) in [7, 11) is 0. The molecule has 1 aromatic heterocycles. The third-order valence-corrected chi connectivity index (χ3v) is 4.84. The van der Waals surface area contributed by atoms with Gasteiger partial charge in [-0.3, -0.25) is 9.79 Å². The average molecular weight is 377 g/mol. The summed E-state index contributed by atoms with van der Waals surface area (Å²) < 4.78 is 7.71. The van der Waals surface area contributed by atoms with E-state index >= 15 is 0 Å². The molecule has 1 saturated carbocycles. The van der Waals surface area contributed by atoms with Crippen molar-refractivity contribution >= 4 is 5.96 Å². The van der Waals surface area contributed by atoms with Crippen molar-refractivity contribution in [2.24, 2.45) is 4.99 Å². The monoisotopic (exact) mass is 376 g/mol. The molecule has 1 aromatic rings. The second-order valence-corrected chi connectivity index (χ2v) is 7.11. The molecule has 1 heterocycles. The third kappa shape index (κ3) is 9.09. The van der Waals surface area contributed by atoms with Gasteiger partial charge in [0.2, 0.25) is 5.56 Å². The Balaban J connectivity index is 1.57. The first-order valence-corrected chi connectivity index (χ1v) is 10.6. The van der Waals surface area contributed by atoms with Gasteiger partial charge in [0.05, 0.1) is 6.10 Å². The quantitative estimate of drug-likeness (QED) is 0.354. The highest BCUT2D eigenvalue weighted by Crippen LogP contribution is 2.20. The zero-order valence-corrected chi connectivity index (χ0v) is 16.8. The number of hydrogen-bond donors (Lipinski definition) is 2. The van der Waals surface area contributed by atoms with Crippen LogP contribution < -0.4 is 16.2 Å². The summed E-state index contributed by atoms with van der Waals surface area (Å²) in [6.07, 6.45) is 11.7. The maximum Gasteiger partial charge on any atom is 0.250 e. The van der Waals surface area contributed by atoms with E-state index in [1.165, 1.54) is 32.1 Å². The van der Waals surface area contributed by atoms with Crippen LogP contribution in [-0.4, -0.2) is 42.9 Å². The van der Waals surface area contributed by atoms with Gasteiger partial charge in [0, 0.05) is 45.0 Å². The first-order valence-electron chi connectivity index (χ1n) is 10.6. The lowest BCUT2D eigenvalue weighted by atomic mass is 9.98. The van der Waals surface area contributed by atoms with Crippen LogP contribution in [0.15, 0.2) is 34.2 Å². The van der Waals surface area contributed by atoms with Crippen LogP contribution in [0.1, 0.15) is 58.3 Å². The fourth-order valence-electron chi connectivity index (χ4n) is 3.34. The molecule has 6 heteroatoms. The minimum atomic E-state index is 0.0656. The molecule has 2 rings (SSSR count). The largest absolute Gasteiger partial charge is 0.378 e. The van der Waals surface area contributed by atoms with Gasteiger partial charge in [0.25, 0.3) is 0 Å². The molecule has 0 saturated heterocycles. The van der Waals surface area contributed by atoms with E-state index in [4.69, 9.17) is 4.74 Å². The number of pyridine rings is 1. The number of rotatable bonds is 11. The molecule has 1 aliphatic carbocycles. The van der Waals surface area contributed by atoms with Crippen LogP contribution in [0.2, 0.25) is 0 Å². The molecule has 152 valence electrons. The van der Waals surface area contributed by atoms with Crippen molar-refractivity contribution in [3.8, 4) is 0 Å². The minimum absolute atomic E-state index is 0.0656. The molecular formula is C21H36N4O2. The zero-order chi connectivity index (χ0) is 19.2. The fraction of sp³-hybridized carbons (Fsp3) is 0.714. The molecule has 1 aliphatic rings. The molecule has 6 nitrogen and oxygen atoms in total. The number of nitrogens with zero attached hydrogens (tertiary/aromatic N) is 2. The number of ether oxygens (including phenoxy) is 1. The Morgan fingerprint density at radius 2 is 2.04 bits per heavy atom. The van der Waals surface area contributed by atoms with E-state index in [1.54, 1.807) is 16.7 Å². The Hall–Kier alpha value is -1.82. The Bertz CT molecular complexity index is 594. The molecule has 0 radical (unpaired) electrons. The molecule has 0 atom stereocenters. The third-order valence-electron chi connectivity index (χ3n) is 4.84. The number of unbranched alkanes of at least 4 members (excludes halogenated alkanes) is 1. The topological polar surface area (TPSA) is 67.7 Å². The molecule has 2 N–H and O–H groups in total. The highest BCUT2D eigenvalue weighted by atomic mass is 16.5. The summed E-state index contributed by atoms with van der Waals surface area (Å²) in [5, 5.41) is 6.66. The number of nitrogens with one attached hydrogen (secondary N) is 2. The van der Waals surface area contributed by atoms with Gasteiger partial charge in [-0.1, -0.05) is 25.3 Å². The molecule has 1 fully saturated rings. The predicted octanol–water partition coefficient (Wildman–Crippen LogP) is 2.92. The van der Waals surface area contributed by atoms with Gasteiger partial charge in [0.15, 0.2) is 5.96 Å². The number of hydrogen-bond acceptors (Lipinski definition) is 3. The van der Waals surface area contributed by atoms with E-state index in [0.717, 1.165) is 58.0 Å². The van der Waals surface area contributed by atoms with E-state index in [0.29, 0.717) is 6.10 Å². The maximum absolute atomic E-state index is 11.7. The van der Waals surface area contributed by atoms with Gasteiger partial charge in [0.1, 0.15) is 0 Å². The summed E-state index contributed by atoms with van der Waals surface area (Å²) in [5.74, 6) is 0.868. The van der Waals surface area contributed by atoms with E-state index < -0.39 is 0 Å². The lowest BCUT2D eigenvalue weighted by Gasteiger charge is -2.21. The number of guanidine groups is 1. The fourth-order valence-corrected chi connectivity index (χ4v) is 3.34. The van der Waals surface area contributed by atoms with Crippen molar-refractivity contribution in [3.63, 3.8) is 0 Å². The van der Waals surface area contributed by atoms with Crippen LogP contribution >= 0.6 is 0 Å². The second-order valence-electron chi connectivity index (χ2n) is 7.11. The molecule has 0 aromatic carbocycles. The average Bonchev–Trinajstić information content (AvgIpc) is 2.69. The van der Waals surface area contributed by atoms with E-state index in [9.17, 15) is 4.79 Å². The van der Waals surface area contributed by atoms with Crippen molar-refractivity contribution in [2.75, 3.05) is 26.2 Å². The van der Waals surface area contributed by atoms with Crippen molar-refractivity contribution in [2.45, 2.75) is 70.9 Å². The van der Waals surface area contributed by atoms with Crippen LogP contribution in [-0.2, 0) is 11.3 Å². The maximum atomic E-state index is 11.7. The van der Waals surface area contributed by atoms with Crippen LogP contribution in [0.5, 0.6) is 0 Å². The summed E-state index contributed by atoms with van der Waals surface area (Å²) >= 11 is 0. The smallest absolute Gasteiger partial charge is 0.250 e. The van der Waals surface area contributed by atoms with E-state index in [1.807, 2.05) is 12.3 Å². The molecule has 0 spiro atoms. The van der Waals surface area contributed by atoms with Crippen molar-refractivity contribution < 1.29 is 4.74 Å². The standard InChI is InChI=1S/C21H36N4O2/c1-2-22-21(24-15-10-18-27-19-11-4-3-5-12-19)23-14-7-9-17-25-16-8-6-13-20(25)26/h6,8,13,16,19H,2-5,7,9-12,14-15,17-18H2,1H3,(H2,22,23,24). The van der Waals surface area contributed by atoms with Crippen molar-refractivity contribution in [3.05, 3.63) is 34.7 Å². The predicted molar refractivity (Wildman–Crippen MR) is 111 cm³/mol. The van der Waals surface area contributed by atoms with Crippen LogP contribution in [0.3, 0.4) is 0 Å². The van der Waals surface area contributed by atoms with Gasteiger partial charge in [-0.05, 0) is 45.1 Å². The molecule has 0 amide bonds. The first-order chi connectivity index (χ1) is 13.3. The Labute approximate surface area is 163 Å². The van der Waals surface area contributed by atoms with E-state index in [2.05, 4.69) is 22.5 Å². The van der Waals surface area contributed by atoms with Gasteiger partial charge >= 0.3 is 0 Å². The molecular weight excluding hydrogens is 340 g/mol. The van der Waals surface area contributed by atoms with Crippen molar-refractivity contribution in [1.82, 2.24) is 15.2 Å². The normalized spacial score (nSPS) is 15.7. The van der Waals surface area contributed by atoms with Crippen LogP contribution in [0.25, 0.3) is 0 Å². The lowest BCUT2D eigenvalue weighted by Crippen LogP contribution is -2.38. The number of aryl methyl sites for hydroxylation is 1. The minimum Gasteiger partial charge on any atom is -0.378 e. The summed E-state index contributed by atoms with van der Waals surface area (Å²) in [6.45, 7) is 6.12. The Kier molecular flexibility index (Phi) is 10.6. The molecule has 0 aliphatic heterocycles. The lowest BCUT2D eigenvalue weighted by molar-refractivity contribution is 0.0281. The number of aliphatic imine (C=N–C) groups is 1.